The lowest BCUT2D eigenvalue weighted by Crippen LogP contribution is -2.42. The number of phenolic OH excluding ortho intramolecular Hbond substituents is 1. The number of imide groups is 1. The molecule has 8 nitrogen and oxygen atoms in total. The average Bonchev–Trinajstić information content (AvgIpc) is 3.56. The number of benzene rings is 1. The van der Waals surface area contributed by atoms with Crippen LogP contribution in [0.25, 0.3) is 0 Å². The lowest BCUT2D eigenvalue weighted by atomic mass is 9.68. The van der Waals surface area contributed by atoms with Crippen molar-refractivity contribution in [3.05, 3.63) is 32.6 Å². The van der Waals surface area contributed by atoms with E-state index in [2.05, 4.69) is 4.98 Å². The van der Waals surface area contributed by atoms with Crippen LogP contribution in [0.4, 0.5) is 0 Å². The normalized spacial score (nSPS) is 32.4. The van der Waals surface area contributed by atoms with Crippen LogP contribution in [0.1, 0.15) is 29.7 Å². The third-order valence-corrected chi connectivity index (χ3v) is 10.9. The number of esters is 1. The van der Waals surface area contributed by atoms with Crippen LogP contribution in [0.3, 0.4) is 0 Å². The predicted molar refractivity (Wildman–Crippen MR) is 131 cm³/mol. The number of carbonyl (C=O) groups is 3. The zero-order chi connectivity index (χ0) is 24.6. The summed E-state index contributed by atoms with van der Waals surface area (Å²) >= 11 is 8.77. The van der Waals surface area contributed by atoms with Gasteiger partial charge in [-0.3, -0.25) is 19.3 Å². The second kappa shape index (κ2) is 8.35. The van der Waals surface area contributed by atoms with Gasteiger partial charge in [-0.05, 0) is 61.0 Å². The van der Waals surface area contributed by atoms with Gasteiger partial charge in [-0.15, -0.1) is 23.1 Å². The van der Waals surface area contributed by atoms with Crippen molar-refractivity contribution < 1.29 is 29.0 Å². The summed E-state index contributed by atoms with van der Waals surface area (Å²) in [6, 6.07) is 5.45. The lowest BCUT2D eigenvalue weighted by molar-refractivity contribution is -0.151. The van der Waals surface area contributed by atoms with Crippen LogP contribution >= 0.6 is 35.3 Å². The summed E-state index contributed by atoms with van der Waals surface area (Å²) in [6.07, 6.45) is 0.809. The van der Waals surface area contributed by atoms with E-state index in [0.717, 1.165) is 26.8 Å². The Kier molecular flexibility index (Phi) is 5.50. The highest BCUT2D eigenvalue weighted by molar-refractivity contribution is 8.00. The number of fused-ring (bicyclic) bond motifs is 9. The van der Waals surface area contributed by atoms with Crippen molar-refractivity contribution in [3.8, 4) is 11.5 Å². The number of phenols is 1. The molecular formula is C24H24N2O6S3. The van der Waals surface area contributed by atoms with Gasteiger partial charge in [0.1, 0.15) is 6.54 Å². The molecule has 2 saturated carbocycles. The summed E-state index contributed by atoms with van der Waals surface area (Å²) in [5.74, 6) is -1.26. The second-order valence-corrected chi connectivity index (χ2v) is 12.4. The molecule has 4 aliphatic rings. The summed E-state index contributed by atoms with van der Waals surface area (Å²) in [4.78, 5) is 44.1. The highest BCUT2D eigenvalue weighted by Gasteiger charge is 2.69. The molecule has 0 radical (unpaired) electrons. The van der Waals surface area contributed by atoms with Crippen molar-refractivity contribution in [2.75, 3.05) is 20.3 Å². The summed E-state index contributed by atoms with van der Waals surface area (Å²) in [5.41, 5.74) is 1.00. The predicted octanol–water partition coefficient (Wildman–Crippen LogP) is 3.56. The Bertz CT molecular complexity index is 1300. The Balaban J connectivity index is 1.43. The highest BCUT2D eigenvalue weighted by Crippen LogP contribution is 2.68. The van der Waals surface area contributed by atoms with Gasteiger partial charge in [0, 0.05) is 16.0 Å². The van der Waals surface area contributed by atoms with E-state index in [9.17, 15) is 19.5 Å². The number of likely N-dealkylation sites (tertiary alicyclic amines) is 1. The number of nitrogens with one attached hydrogen (secondary N) is 1. The van der Waals surface area contributed by atoms with Gasteiger partial charge >= 0.3 is 5.97 Å². The fraction of sp³-hybridized carbons (Fsp3) is 0.500. The van der Waals surface area contributed by atoms with Gasteiger partial charge in [-0.25, -0.2) is 0 Å². The van der Waals surface area contributed by atoms with E-state index in [0.29, 0.717) is 16.3 Å². The van der Waals surface area contributed by atoms with Crippen molar-refractivity contribution >= 4 is 53.1 Å². The van der Waals surface area contributed by atoms with Gasteiger partial charge in [0.25, 0.3) is 0 Å². The molecule has 3 heterocycles. The molecule has 7 atom stereocenters. The van der Waals surface area contributed by atoms with Gasteiger partial charge in [-0.2, -0.15) is 0 Å². The summed E-state index contributed by atoms with van der Waals surface area (Å²) in [5, 5.41) is 11.4. The molecule has 1 saturated heterocycles. The van der Waals surface area contributed by atoms with Crippen molar-refractivity contribution in [3.63, 3.8) is 0 Å². The smallest absolute Gasteiger partial charge is 0.325 e. The number of thiazole rings is 1. The first-order valence-electron chi connectivity index (χ1n) is 11.6. The standard InChI is InChI=1S/C24H24N2O6S3/c1-3-32-13-6-9(4-5-12(13)27)15-16-10-7-11(19(16)34-21-20(15)35-24(33)25-21)18-17(10)22(29)26(23(18)30)8-14(28)31-2/h4-6,10-11,15-19,27H,3,7-8H2,1-2H3,(H,25,33). The van der Waals surface area contributed by atoms with Crippen LogP contribution in [0.2, 0.25) is 0 Å². The van der Waals surface area contributed by atoms with Crippen molar-refractivity contribution in [1.82, 2.24) is 9.88 Å². The van der Waals surface area contributed by atoms with E-state index in [4.69, 9.17) is 21.7 Å². The van der Waals surface area contributed by atoms with Crippen LogP contribution in [-0.2, 0) is 19.1 Å². The molecular weight excluding hydrogens is 508 g/mol. The number of hydrogen-bond acceptors (Lipinski definition) is 9. The van der Waals surface area contributed by atoms with Crippen LogP contribution < -0.4 is 4.74 Å². The molecule has 7 unspecified atom stereocenters. The SMILES string of the molecule is CCOc1cc(C2c3sc(=S)[nH]c3SC3C4CC(C5C(=O)N(CC(=O)OC)C(=O)C45)C23)ccc1O. The van der Waals surface area contributed by atoms with Crippen molar-refractivity contribution in [2.45, 2.75) is 29.5 Å². The minimum absolute atomic E-state index is 0.0137. The van der Waals surface area contributed by atoms with E-state index in [1.807, 2.05) is 19.1 Å². The number of hydrogen-bond donors (Lipinski definition) is 2. The molecule has 2 bridgehead atoms. The minimum Gasteiger partial charge on any atom is -0.504 e. The molecule has 2 amide bonds. The minimum atomic E-state index is -0.592. The number of rotatable bonds is 5. The number of H-pyrrole nitrogens is 1. The van der Waals surface area contributed by atoms with Crippen LogP contribution in [0, 0.1) is 33.5 Å². The fourth-order valence-corrected chi connectivity index (χ4v) is 10.1. The van der Waals surface area contributed by atoms with Gasteiger partial charge in [0.15, 0.2) is 15.5 Å². The quantitative estimate of drug-likeness (QED) is 0.342. The molecule has 1 aromatic carbocycles. The van der Waals surface area contributed by atoms with Gasteiger partial charge in [0.05, 0.1) is 30.6 Å². The third-order valence-electron chi connectivity index (χ3n) is 7.97. The molecule has 2 N–H and O–H groups in total. The maximum atomic E-state index is 13.4. The highest BCUT2D eigenvalue weighted by atomic mass is 32.2. The number of amides is 2. The van der Waals surface area contributed by atoms with Crippen LogP contribution in [-0.4, -0.2) is 58.3 Å². The fourth-order valence-electron chi connectivity index (χ4n) is 6.80. The number of nitrogens with zero attached hydrogens (tertiary/aromatic N) is 1. The number of carbonyl (C=O) groups excluding carboxylic acids is 3. The molecule has 0 spiro atoms. The molecule has 184 valence electrons. The number of thioether (sulfide) groups is 1. The Hall–Kier alpha value is -2.37. The van der Waals surface area contributed by atoms with Crippen molar-refractivity contribution in [2.24, 2.45) is 29.6 Å². The molecule has 1 aromatic heterocycles. The van der Waals surface area contributed by atoms with Crippen LogP contribution in [0.15, 0.2) is 23.2 Å². The number of methoxy groups -OCH3 is 1. The number of ether oxygens (including phenoxy) is 2. The molecule has 2 aromatic rings. The van der Waals surface area contributed by atoms with Gasteiger partial charge in [-0.1, -0.05) is 6.07 Å². The zero-order valence-electron chi connectivity index (χ0n) is 19.1. The van der Waals surface area contributed by atoms with E-state index < -0.39 is 17.8 Å². The Labute approximate surface area is 215 Å². The first-order chi connectivity index (χ1) is 16.8. The molecule has 3 fully saturated rings. The number of aromatic hydroxyl groups is 1. The molecule has 2 aliphatic carbocycles. The number of aromatic amines is 1. The average molecular weight is 533 g/mol. The maximum absolute atomic E-state index is 13.4. The molecule has 6 rings (SSSR count). The van der Waals surface area contributed by atoms with E-state index in [-0.39, 0.29) is 53.0 Å². The Morgan fingerprint density at radius 2 is 2.00 bits per heavy atom. The molecule has 2 aliphatic heterocycles. The number of aromatic nitrogens is 1. The first kappa shape index (κ1) is 23.1. The third kappa shape index (κ3) is 3.31. The largest absolute Gasteiger partial charge is 0.504 e. The zero-order valence-corrected chi connectivity index (χ0v) is 21.5. The maximum Gasteiger partial charge on any atom is 0.325 e. The second-order valence-electron chi connectivity index (χ2n) is 9.46. The van der Waals surface area contributed by atoms with E-state index in [1.54, 1.807) is 29.2 Å². The van der Waals surface area contributed by atoms with E-state index >= 15 is 0 Å². The monoisotopic (exact) mass is 532 g/mol. The summed E-state index contributed by atoms with van der Waals surface area (Å²) in [6.45, 7) is 1.97. The topological polar surface area (TPSA) is 109 Å². The van der Waals surface area contributed by atoms with Gasteiger partial charge < -0.3 is 19.6 Å². The Morgan fingerprint density at radius 1 is 1.26 bits per heavy atom. The van der Waals surface area contributed by atoms with E-state index in [1.165, 1.54) is 7.11 Å². The molecule has 11 heteroatoms. The van der Waals surface area contributed by atoms with Crippen LogP contribution in [0.5, 0.6) is 11.5 Å². The summed E-state index contributed by atoms with van der Waals surface area (Å²) < 4.78 is 11.1. The van der Waals surface area contributed by atoms with Gasteiger partial charge in [0.2, 0.25) is 11.8 Å². The Morgan fingerprint density at radius 3 is 2.71 bits per heavy atom. The first-order valence-corrected chi connectivity index (χ1v) is 13.7. The molecule has 35 heavy (non-hydrogen) atoms. The summed E-state index contributed by atoms with van der Waals surface area (Å²) in [7, 11) is 1.25. The lowest BCUT2D eigenvalue weighted by Gasteiger charge is -2.43. The van der Waals surface area contributed by atoms with Crippen molar-refractivity contribution in [1.29, 1.82) is 0 Å².